The number of aromatic nitrogens is 3. The summed E-state index contributed by atoms with van der Waals surface area (Å²) in [6.45, 7) is 5.57. The van der Waals surface area contributed by atoms with E-state index in [1.54, 1.807) is 25.2 Å². The van der Waals surface area contributed by atoms with Crippen LogP contribution in [-0.4, -0.2) is 35.1 Å². The van der Waals surface area contributed by atoms with Gasteiger partial charge >= 0.3 is 0 Å². The van der Waals surface area contributed by atoms with Gasteiger partial charge in [0.1, 0.15) is 5.82 Å². The number of anilines is 2. The van der Waals surface area contributed by atoms with Crippen molar-refractivity contribution in [1.29, 1.82) is 0 Å². The monoisotopic (exact) mass is 353 g/mol. The van der Waals surface area contributed by atoms with Gasteiger partial charge in [-0.1, -0.05) is 6.07 Å². The van der Waals surface area contributed by atoms with Gasteiger partial charge in [-0.25, -0.2) is 4.39 Å². The summed E-state index contributed by atoms with van der Waals surface area (Å²) in [5.74, 6) is 0.890. The van der Waals surface area contributed by atoms with Crippen LogP contribution in [0.3, 0.4) is 0 Å². The van der Waals surface area contributed by atoms with Gasteiger partial charge in [0.2, 0.25) is 11.9 Å². The Morgan fingerprint density at radius 1 is 1.19 bits per heavy atom. The first kappa shape index (κ1) is 15.6. The number of rotatable bonds is 5. The lowest BCUT2D eigenvalue weighted by atomic mass is 10.2. The predicted molar refractivity (Wildman–Crippen MR) is 86.0 cm³/mol. The van der Waals surface area contributed by atoms with E-state index in [1.165, 1.54) is 0 Å². The minimum Gasteiger partial charge on any atom is -0.357 e. The highest BCUT2D eigenvalue weighted by Gasteiger charge is 2.15. The molecule has 0 unspecified atom stereocenters. The Hall–Kier alpha value is -1.76. The first-order valence-corrected chi connectivity index (χ1v) is 7.53. The van der Waals surface area contributed by atoms with E-state index in [2.05, 4.69) is 36.2 Å². The summed E-state index contributed by atoms with van der Waals surface area (Å²) in [7, 11) is 1.72. The number of hydrogen-bond acceptors (Lipinski definition) is 5. The Kier molecular flexibility index (Phi) is 5.06. The van der Waals surface area contributed by atoms with E-state index in [0.29, 0.717) is 27.8 Å². The van der Waals surface area contributed by atoms with Gasteiger partial charge in [0.15, 0.2) is 5.82 Å². The minimum absolute atomic E-state index is 0.315. The summed E-state index contributed by atoms with van der Waals surface area (Å²) < 4.78 is 14.6. The molecule has 21 heavy (non-hydrogen) atoms. The Morgan fingerprint density at radius 3 is 2.52 bits per heavy atom. The highest BCUT2D eigenvalue weighted by atomic mass is 79.9. The zero-order valence-electron chi connectivity index (χ0n) is 12.2. The number of nitrogens with one attached hydrogen (secondary N) is 1. The molecule has 1 aromatic heterocycles. The average Bonchev–Trinajstić information content (AvgIpc) is 2.51. The first-order chi connectivity index (χ1) is 10.1. The highest BCUT2D eigenvalue weighted by molar-refractivity contribution is 9.10. The van der Waals surface area contributed by atoms with Crippen molar-refractivity contribution >= 4 is 27.8 Å². The molecule has 2 aromatic rings. The smallest absolute Gasteiger partial charge is 0.230 e. The molecule has 112 valence electrons. The van der Waals surface area contributed by atoms with Gasteiger partial charge in [0.05, 0.1) is 10.0 Å². The fraction of sp³-hybridized carbons (Fsp3) is 0.357. The minimum atomic E-state index is -0.378. The molecular formula is C14H17BrFN5. The normalized spacial score (nSPS) is 10.5. The number of halogens is 2. The topological polar surface area (TPSA) is 53.9 Å². The van der Waals surface area contributed by atoms with Crippen molar-refractivity contribution in [1.82, 2.24) is 15.0 Å². The molecule has 0 fully saturated rings. The van der Waals surface area contributed by atoms with Crippen LogP contribution >= 0.6 is 15.9 Å². The molecule has 0 radical (unpaired) electrons. The van der Waals surface area contributed by atoms with Crippen LogP contribution in [0, 0.1) is 5.82 Å². The van der Waals surface area contributed by atoms with Crippen molar-refractivity contribution in [3.63, 3.8) is 0 Å². The Morgan fingerprint density at radius 2 is 1.90 bits per heavy atom. The van der Waals surface area contributed by atoms with Gasteiger partial charge in [-0.2, -0.15) is 15.0 Å². The summed E-state index contributed by atoms with van der Waals surface area (Å²) in [4.78, 5) is 15.0. The maximum atomic E-state index is 14.2. The highest BCUT2D eigenvalue weighted by Crippen LogP contribution is 2.27. The molecule has 0 saturated carbocycles. The molecule has 1 heterocycles. The maximum Gasteiger partial charge on any atom is 0.230 e. The summed E-state index contributed by atoms with van der Waals surface area (Å²) in [5, 5.41) is 2.89. The molecular weight excluding hydrogens is 337 g/mol. The molecule has 0 aliphatic rings. The zero-order chi connectivity index (χ0) is 15.4. The second kappa shape index (κ2) is 6.80. The molecule has 0 atom stereocenters. The van der Waals surface area contributed by atoms with Gasteiger partial charge in [-0.05, 0) is 41.9 Å². The third kappa shape index (κ3) is 3.29. The van der Waals surface area contributed by atoms with E-state index in [9.17, 15) is 4.39 Å². The third-order valence-electron chi connectivity index (χ3n) is 3.09. The van der Waals surface area contributed by atoms with Crippen molar-refractivity contribution < 1.29 is 4.39 Å². The van der Waals surface area contributed by atoms with Crippen LogP contribution in [0.5, 0.6) is 0 Å². The summed E-state index contributed by atoms with van der Waals surface area (Å²) in [6.07, 6.45) is 0. The Labute approximate surface area is 131 Å². The largest absolute Gasteiger partial charge is 0.357 e. The molecule has 5 nitrogen and oxygen atoms in total. The molecule has 1 N–H and O–H groups in total. The fourth-order valence-corrected chi connectivity index (χ4v) is 2.29. The lowest BCUT2D eigenvalue weighted by Gasteiger charge is -2.19. The third-order valence-corrected chi connectivity index (χ3v) is 3.70. The van der Waals surface area contributed by atoms with Gasteiger partial charge in [-0.3, -0.25) is 0 Å². The number of hydrogen-bond donors (Lipinski definition) is 1. The second-order valence-corrected chi connectivity index (χ2v) is 5.16. The van der Waals surface area contributed by atoms with Crippen molar-refractivity contribution in [2.45, 2.75) is 13.8 Å². The Balaban J connectivity index is 2.58. The average molecular weight is 354 g/mol. The van der Waals surface area contributed by atoms with Crippen LogP contribution in [0.2, 0.25) is 0 Å². The van der Waals surface area contributed by atoms with Gasteiger partial charge in [0.25, 0.3) is 0 Å². The molecule has 0 saturated heterocycles. The lowest BCUT2D eigenvalue weighted by molar-refractivity contribution is 0.623. The van der Waals surface area contributed by atoms with Crippen LogP contribution in [0.15, 0.2) is 22.7 Å². The molecule has 0 aliphatic heterocycles. The predicted octanol–water partition coefficient (Wildman–Crippen LogP) is 3.33. The zero-order valence-corrected chi connectivity index (χ0v) is 13.8. The van der Waals surface area contributed by atoms with Crippen LogP contribution in [0.4, 0.5) is 16.3 Å². The quantitative estimate of drug-likeness (QED) is 0.893. The lowest BCUT2D eigenvalue weighted by Crippen LogP contribution is -2.25. The van der Waals surface area contributed by atoms with E-state index in [4.69, 9.17) is 0 Å². The standard InChI is InChI=1S/C14H17BrFN5/c1-4-21(5-2)14-19-12(18-13(17-3)20-14)9-7-6-8-10(15)11(9)16/h6-8H,4-5H2,1-3H3,(H,17,18,19,20). The van der Waals surface area contributed by atoms with Crippen molar-refractivity contribution in [2.24, 2.45) is 0 Å². The van der Waals surface area contributed by atoms with E-state index in [-0.39, 0.29) is 5.82 Å². The molecule has 0 spiro atoms. The van der Waals surface area contributed by atoms with Crippen molar-refractivity contribution in [3.8, 4) is 11.4 Å². The Bertz CT molecular complexity index is 631. The maximum absolute atomic E-state index is 14.2. The van der Waals surface area contributed by atoms with Crippen LogP contribution < -0.4 is 10.2 Å². The molecule has 7 heteroatoms. The SMILES string of the molecule is CCN(CC)c1nc(NC)nc(-c2cccc(Br)c2F)n1. The van der Waals surface area contributed by atoms with E-state index < -0.39 is 0 Å². The molecule has 2 rings (SSSR count). The van der Waals surface area contributed by atoms with E-state index >= 15 is 0 Å². The molecule has 0 bridgehead atoms. The summed E-state index contributed by atoms with van der Waals surface area (Å²) >= 11 is 3.18. The van der Waals surface area contributed by atoms with Crippen LogP contribution in [0.1, 0.15) is 13.8 Å². The van der Waals surface area contributed by atoms with Crippen molar-refractivity contribution in [2.75, 3.05) is 30.4 Å². The van der Waals surface area contributed by atoms with E-state index in [1.807, 2.05) is 18.7 Å². The number of benzene rings is 1. The fourth-order valence-electron chi connectivity index (χ4n) is 1.92. The molecule has 1 aromatic carbocycles. The second-order valence-electron chi connectivity index (χ2n) is 4.31. The number of nitrogens with zero attached hydrogens (tertiary/aromatic N) is 4. The van der Waals surface area contributed by atoms with Crippen LogP contribution in [0.25, 0.3) is 11.4 Å². The van der Waals surface area contributed by atoms with Gasteiger partial charge in [-0.15, -0.1) is 0 Å². The van der Waals surface area contributed by atoms with Crippen molar-refractivity contribution in [3.05, 3.63) is 28.5 Å². The molecule has 0 aliphatic carbocycles. The van der Waals surface area contributed by atoms with Gasteiger partial charge in [0, 0.05) is 20.1 Å². The van der Waals surface area contributed by atoms with E-state index in [0.717, 1.165) is 13.1 Å². The first-order valence-electron chi connectivity index (χ1n) is 6.73. The van der Waals surface area contributed by atoms with Crippen LogP contribution in [-0.2, 0) is 0 Å². The molecule has 0 amide bonds. The summed E-state index contributed by atoms with van der Waals surface area (Å²) in [5.41, 5.74) is 0.344. The van der Waals surface area contributed by atoms with Gasteiger partial charge < -0.3 is 10.2 Å². The summed E-state index contributed by atoms with van der Waals surface area (Å²) in [6, 6.07) is 5.05.